The zero-order valence-electron chi connectivity index (χ0n) is 10.9. The van der Waals surface area contributed by atoms with Crippen LogP contribution in [0.4, 0.5) is 0 Å². The van der Waals surface area contributed by atoms with Gasteiger partial charge < -0.3 is 9.84 Å². The second-order valence-electron chi connectivity index (χ2n) is 4.62. The van der Waals surface area contributed by atoms with Crippen LogP contribution in [0, 0.1) is 0 Å². The summed E-state index contributed by atoms with van der Waals surface area (Å²) in [6, 6.07) is 6.38. The first-order chi connectivity index (χ1) is 9.01. The molecule has 1 saturated heterocycles. The highest BCUT2D eigenvalue weighted by Crippen LogP contribution is 2.20. The summed E-state index contributed by atoms with van der Waals surface area (Å²) in [5.74, 6) is 0. The Labute approximate surface area is 113 Å². The average molecular weight is 285 g/mol. The Balaban J connectivity index is 2.23. The third-order valence-corrected chi connectivity index (χ3v) is 5.09. The van der Waals surface area contributed by atoms with E-state index in [1.165, 1.54) is 4.31 Å². The van der Waals surface area contributed by atoms with Crippen molar-refractivity contribution < 1.29 is 18.3 Å². The molecule has 1 aromatic carbocycles. The van der Waals surface area contributed by atoms with Crippen molar-refractivity contribution in [3.63, 3.8) is 0 Å². The van der Waals surface area contributed by atoms with Crippen molar-refractivity contribution in [3.8, 4) is 0 Å². The Hall–Kier alpha value is -0.950. The van der Waals surface area contributed by atoms with Crippen LogP contribution in [-0.2, 0) is 14.8 Å². The van der Waals surface area contributed by atoms with Crippen molar-refractivity contribution >= 4 is 10.0 Å². The lowest BCUT2D eigenvalue weighted by Gasteiger charge is -2.19. The lowest BCUT2D eigenvalue weighted by molar-refractivity contribution is 0.148. The molecule has 1 unspecified atom stereocenters. The van der Waals surface area contributed by atoms with E-state index < -0.39 is 16.1 Å². The van der Waals surface area contributed by atoms with Gasteiger partial charge in [0.1, 0.15) is 0 Å². The molecule has 0 saturated carbocycles. The molecule has 2 rings (SSSR count). The van der Waals surface area contributed by atoms with Gasteiger partial charge in [0.25, 0.3) is 0 Å². The Morgan fingerprint density at radius 1 is 1.21 bits per heavy atom. The minimum absolute atomic E-state index is 0.263. The van der Waals surface area contributed by atoms with E-state index >= 15 is 0 Å². The van der Waals surface area contributed by atoms with Gasteiger partial charge in [-0.15, -0.1) is 0 Å². The van der Waals surface area contributed by atoms with Crippen LogP contribution in [0.2, 0.25) is 0 Å². The van der Waals surface area contributed by atoms with Crippen molar-refractivity contribution in [1.29, 1.82) is 0 Å². The fourth-order valence-corrected chi connectivity index (χ4v) is 3.49. The normalized spacial score (nSPS) is 19.9. The first-order valence-corrected chi connectivity index (χ1v) is 7.82. The number of aliphatic hydroxyl groups excluding tert-OH is 1. The van der Waals surface area contributed by atoms with Gasteiger partial charge in [-0.25, -0.2) is 8.42 Å². The van der Waals surface area contributed by atoms with Gasteiger partial charge >= 0.3 is 0 Å². The second-order valence-corrected chi connectivity index (χ2v) is 6.55. The number of nitrogens with zero attached hydrogens (tertiary/aromatic N) is 1. The number of aliphatic hydroxyl groups is 1. The molecule has 1 atom stereocenters. The summed E-state index contributed by atoms with van der Waals surface area (Å²) < 4.78 is 31.6. The van der Waals surface area contributed by atoms with Crippen LogP contribution in [0.15, 0.2) is 29.2 Å². The molecule has 6 heteroatoms. The van der Waals surface area contributed by atoms with Crippen LogP contribution in [0.1, 0.15) is 25.0 Å². The molecule has 0 aliphatic carbocycles. The van der Waals surface area contributed by atoms with Gasteiger partial charge in [-0.2, -0.15) is 4.31 Å². The van der Waals surface area contributed by atoms with Gasteiger partial charge in [0.05, 0.1) is 17.6 Å². The third kappa shape index (κ3) is 3.33. The fourth-order valence-electron chi connectivity index (χ4n) is 2.03. The van der Waals surface area contributed by atoms with Gasteiger partial charge in [-0.3, -0.25) is 0 Å². The van der Waals surface area contributed by atoms with Crippen molar-refractivity contribution in [3.05, 3.63) is 29.8 Å². The Bertz CT molecular complexity index is 502. The molecular formula is C13H19NO4S. The van der Waals surface area contributed by atoms with Gasteiger partial charge in [-0.05, 0) is 31.0 Å². The van der Waals surface area contributed by atoms with Crippen molar-refractivity contribution in [2.24, 2.45) is 0 Å². The van der Waals surface area contributed by atoms with E-state index in [-0.39, 0.29) is 4.90 Å². The largest absolute Gasteiger partial charge is 0.389 e. The van der Waals surface area contributed by atoms with Gasteiger partial charge in [0.2, 0.25) is 10.0 Å². The first kappa shape index (κ1) is 14.5. The molecule has 1 aromatic rings. The molecule has 0 bridgehead atoms. The van der Waals surface area contributed by atoms with E-state index in [1.807, 2.05) is 0 Å². The smallest absolute Gasteiger partial charge is 0.243 e. The molecule has 1 aliphatic heterocycles. The van der Waals surface area contributed by atoms with E-state index in [0.29, 0.717) is 38.3 Å². The number of hydrogen-bond acceptors (Lipinski definition) is 4. The lowest BCUT2D eigenvalue weighted by atomic mass is 10.1. The van der Waals surface area contributed by atoms with Crippen molar-refractivity contribution in [2.45, 2.75) is 24.3 Å². The van der Waals surface area contributed by atoms with Gasteiger partial charge in [0.15, 0.2) is 0 Å². The highest BCUT2D eigenvalue weighted by atomic mass is 32.2. The van der Waals surface area contributed by atoms with Crippen LogP contribution in [0.5, 0.6) is 0 Å². The van der Waals surface area contributed by atoms with Gasteiger partial charge in [0, 0.05) is 19.7 Å². The minimum atomic E-state index is -3.46. The van der Waals surface area contributed by atoms with Gasteiger partial charge in [-0.1, -0.05) is 12.1 Å². The Kier molecular flexibility index (Phi) is 4.57. The standard InChI is InChI=1S/C13H19NO4S/c1-11(15)12-3-5-13(6-4-12)19(16,17)14-7-2-9-18-10-8-14/h3-6,11,15H,2,7-10H2,1H3. The maximum Gasteiger partial charge on any atom is 0.243 e. The molecule has 1 heterocycles. The van der Waals surface area contributed by atoms with Crippen molar-refractivity contribution in [2.75, 3.05) is 26.3 Å². The minimum Gasteiger partial charge on any atom is -0.389 e. The molecule has 0 radical (unpaired) electrons. The SMILES string of the molecule is CC(O)c1ccc(S(=O)(=O)N2CCCOCC2)cc1. The van der Waals surface area contributed by atoms with Crippen LogP contribution in [0.3, 0.4) is 0 Å². The number of ether oxygens (including phenoxy) is 1. The number of sulfonamides is 1. The molecule has 5 nitrogen and oxygen atoms in total. The number of rotatable bonds is 3. The molecule has 0 spiro atoms. The Morgan fingerprint density at radius 2 is 1.89 bits per heavy atom. The molecule has 1 N–H and O–H groups in total. The highest BCUT2D eigenvalue weighted by molar-refractivity contribution is 7.89. The Morgan fingerprint density at radius 3 is 2.53 bits per heavy atom. The predicted octanol–water partition coefficient (Wildman–Crippen LogP) is 1.15. The fraction of sp³-hybridized carbons (Fsp3) is 0.538. The molecule has 1 fully saturated rings. The number of benzene rings is 1. The zero-order valence-corrected chi connectivity index (χ0v) is 11.8. The quantitative estimate of drug-likeness (QED) is 0.904. The number of hydrogen-bond donors (Lipinski definition) is 1. The van der Waals surface area contributed by atoms with E-state index in [2.05, 4.69) is 0 Å². The summed E-state index contributed by atoms with van der Waals surface area (Å²) in [6.07, 6.45) is 0.119. The van der Waals surface area contributed by atoms with Crippen molar-refractivity contribution in [1.82, 2.24) is 4.31 Å². The second kappa shape index (κ2) is 6.00. The molecule has 0 amide bonds. The summed E-state index contributed by atoms with van der Waals surface area (Å²) >= 11 is 0. The van der Waals surface area contributed by atoms with Crippen LogP contribution in [0.25, 0.3) is 0 Å². The predicted molar refractivity (Wildman–Crippen MR) is 71.3 cm³/mol. The first-order valence-electron chi connectivity index (χ1n) is 6.38. The van der Waals surface area contributed by atoms with E-state index in [0.717, 1.165) is 0 Å². The third-order valence-electron chi connectivity index (χ3n) is 3.18. The van der Waals surface area contributed by atoms with E-state index in [1.54, 1.807) is 31.2 Å². The molecule has 19 heavy (non-hydrogen) atoms. The topological polar surface area (TPSA) is 66.8 Å². The summed E-state index contributed by atoms with van der Waals surface area (Å²) in [5, 5.41) is 9.43. The maximum atomic E-state index is 12.4. The monoisotopic (exact) mass is 285 g/mol. The molecular weight excluding hydrogens is 266 g/mol. The zero-order chi connectivity index (χ0) is 13.9. The average Bonchev–Trinajstić information content (AvgIpc) is 2.68. The highest BCUT2D eigenvalue weighted by Gasteiger charge is 2.25. The van der Waals surface area contributed by atoms with E-state index in [4.69, 9.17) is 4.74 Å². The van der Waals surface area contributed by atoms with Crippen LogP contribution in [-0.4, -0.2) is 44.1 Å². The lowest BCUT2D eigenvalue weighted by Crippen LogP contribution is -2.33. The summed E-state index contributed by atoms with van der Waals surface area (Å²) in [5.41, 5.74) is 0.707. The summed E-state index contributed by atoms with van der Waals surface area (Å²) in [7, 11) is -3.46. The summed E-state index contributed by atoms with van der Waals surface area (Å²) in [6.45, 7) is 3.56. The van der Waals surface area contributed by atoms with Crippen LogP contribution < -0.4 is 0 Å². The maximum absolute atomic E-state index is 12.4. The molecule has 1 aliphatic rings. The van der Waals surface area contributed by atoms with Crippen LogP contribution >= 0.6 is 0 Å². The molecule has 0 aromatic heterocycles. The van der Waals surface area contributed by atoms with E-state index in [9.17, 15) is 13.5 Å². The summed E-state index contributed by atoms with van der Waals surface area (Å²) in [4.78, 5) is 0.263. The molecule has 106 valence electrons.